The number of carbonyl (C=O) groups is 1. The normalized spacial score (nSPS) is 12.3. The Balaban J connectivity index is 2.18. The summed E-state index contributed by atoms with van der Waals surface area (Å²) < 4.78 is 30.8. The highest BCUT2D eigenvalue weighted by Crippen LogP contribution is 2.24. The van der Waals surface area contributed by atoms with Gasteiger partial charge < -0.3 is 10.1 Å². The Bertz CT molecular complexity index is 924. The van der Waals surface area contributed by atoms with Crippen molar-refractivity contribution in [1.29, 1.82) is 0 Å². The zero-order valence-electron chi connectivity index (χ0n) is 17.0. The molecular weight excluding hydrogens is 376 g/mol. The second-order valence-electron chi connectivity index (χ2n) is 6.86. The van der Waals surface area contributed by atoms with E-state index < -0.39 is 10.0 Å². The predicted molar refractivity (Wildman–Crippen MR) is 112 cm³/mol. The summed E-state index contributed by atoms with van der Waals surface area (Å²) in [6.07, 6.45) is 1.78. The van der Waals surface area contributed by atoms with E-state index in [2.05, 4.69) is 5.32 Å². The van der Waals surface area contributed by atoms with Crippen LogP contribution in [-0.4, -0.2) is 34.2 Å². The zero-order chi connectivity index (χ0) is 20.9. The van der Waals surface area contributed by atoms with Gasteiger partial charge in [0.05, 0.1) is 25.1 Å². The summed E-state index contributed by atoms with van der Waals surface area (Å²) in [5.41, 5.74) is 3.42. The van der Waals surface area contributed by atoms with Crippen molar-refractivity contribution in [3.63, 3.8) is 0 Å². The van der Waals surface area contributed by atoms with Crippen molar-refractivity contribution in [3.05, 3.63) is 59.2 Å². The number of ether oxygens (including phenoxy) is 1. The molecule has 2 aromatic rings. The number of nitrogens with zero attached hydrogens (tertiary/aromatic N) is 1. The first kappa shape index (κ1) is 21.8. The van der Waals surface area contributed by atoms with E-state index in [1.807, 2.05) is 51.1 Å². The summed E-state index contributed by atoms with van der Waals surface area (Å²) in [6, 6.07) is 12.6. The van der Waals surface area contributed by atoms with Crippen LogP contribution in [0.4, 0.5) is 5.69 Å². The van der Waals surface area contributed by atoms with Crippen LogP contribution in [0.15, 0.2) is 42.5 Å². The Morgan fingerprint density at radius 1 is 1.14 bits per heavy atom. The highest BCUT2D eigenvalue weighted by Gasteiger charge is 2.22. The minimum atomic E-state index is -3.59. The van der Waals surface area contributed by atoms with Crippen molar-refractivity contribution in [2.24, 2.45) is 0 Å². The molecule has 0 saturated heterocycles. The number of benzene rings is 2. The van der Waals surface area contributed by atoms with E-state index in [-0.39, 0.29) is 18.5 Å². The van der Waals surface area contributed by atoms with Crippen molar-refractivity contribution in [1.82, 2.24) is 5.32 Å². The summed E-state index contributed by atoms with van der Waals surface area (Å²) in [4.78, 5) is 12.6. The maximum Gasteiger partial charge on any atom is 0.241 e. The molecule has 0 bridgehead atoms. The van der Waals surface area contributed by atoms with Gasteiger partial charge in [0, 0.05) is 0 Å². The van der Waals surface area contributed by atoms with Crippen LogP contribution >= 0.6 is 0 Å². The van der Waals surface area contributed by atoms with Crippen molar-refractivity contribution in [2.45, 2.75) is 33.2 Å². The maximum absolute atomic E-state index is 12.6. The summed E-state index contributed by atoms with van der Waals surface area (Å²) in [5.74, 6) is 0.430. The first-order chi connectivity index (χ1) is 13.2. The fourth-order valence-corrected chi connectivity index (χ4v) is 3.88. The largest absolute Gasteiger partial charge is 0.496 e. The monoisotopic (exact) mass is 404 g/mol. The fraction of sp³-hybridized carbons (Fsp3) is 0.381. The molecule has 1 amide bonds. The molecule has 0 aliphatic rings. The summed E-state index contributed by atoms with van der Waals surface area (Å²) in [7, 11) is -1.98. The smallest absolute Gasteiger partial charge is 0.241 e. The van der Waals surface area contributed by atoms with E-state index in [9.17, 15) is 13.2 Å². The van der Waals surface area contributed by atoms with Crippen LogP contribution in [0.25, 0.3) is 0 Å². The molecule has 1 N–H and O–H groups in total. The minimum absolute atomic E-state index is 0.212. The van der Waals surface area contributed by atoms with Gasteiger partial charge >= 0.3 is 0 Å². The lowest BCUT2D eigenvalue weighted by atomic mass is 10.0. The number of hydrogen-bond acceptors (Lipinski definition) is 4. The first-order valence-electron chi connectivity index (χ1n) is 9.14. The number of sulfonamides is 1. The molecule has 0 aliphatic carbocycles. The third-order valence-corrected chi connectivity index (χ3v) is 5.71. The van der Waals surface area contributed by atoms with Crippen molar-refractivity contribution < 1.29 is 17.9 Å². The molecule has 0 unspecified atom stereocenters. The molecule has 28 heavy (non-hydrogen) atoms. The number of methoxy groups -OCH3 is 1. The fourth-order valence-electron chi connectivity index (χ4n) is 3.02. The molecule has 0 aliphatic heterocycles. The van der Waals surface area contributed by atoms with E-state index >= 15 is 0 Å². The van der Waals surface area contributed by atoms with Crippen LogP contribution < -0.4 is 14.4 Å². The maximum atomic E-state index is 12.6. The third-order valence-electron chi connectivity index (χ3n) is 4.57. The van der Waals surface area contributed by atoms with Crippen LogP contribution in [0.1, 0.15) is 36.1 Å². The van der Waals surface area contributed by atoms with E-state index in [4.69, 9.17) is 4.74 Å². The predicted octanol–water partition coefficient (Wildman–Crippen LogP) is 3.35. The molecular formula is C21H28N2O4S. The quantitative estimate of drug-likeness (QED) is 0.732. The molecule has 152 valence electrons. The summed E-state index contributed by atoms with van der Waals surface area (Å²) >= 11 is 0. The van der Waals surface area contributed by atoms with Gasteiger partial charge in [-0.3, -0.25) is 9.10 Å². The number of anilines is 1. The molecule has 0 radical (unpaired) electrons. The van der Waals surface area contributed by atoms with Crippen molar-refractivity contribution >= 4 is 21.6 Å². The minimum Gasteiger partial charge on any atom is -0.496 e. The van der Waals surface area contributed by atoms with E-state index in [1.165, 1.54) is 0 Å². The molecule has 0 heterocycles. The van der Waals surface area contributed by atoms with Gasteiger partial charge in [-0.2, -0.15) is 0 Å². The van der Waals surface area contributed by atoms with Crippen LogP contribution in [0.5, 0.6) is 5.75 Å². The molecule has 2 rings (SSSR count). The molecule has 0 fully saturated rings. The number of aryl methyl sites for hydroxylation is 2. The second-order valence-corrected chi connectivity index (χ2v) is 8.77. The van der Waals surface area contributed by atoms with Gasteiger partial charge in [0.15, 0.2) is 0 Å². The SMILES string of the molecule is CC[C@H](NC(=O)CN(c1ccc(C)cc1)S(C)(=O)=O)c1ccc(OC)c(C)c1. The van der Waals surface area contributed by atoms with E-state index in [1.54, 1.807) is 19.2 Å². The average Bonchev–Trinajstić information content (AvgIpc) is 2.64. The van der Waals surface area contributed by atoms with Gasteiger partial charge in [-0.15, -0.1) is 0 Å². The number of rotatable bonds is 8. The standard InChI is InChI=1S/C21H28N2O4S/c1-6-19(17-9-12-20(27-4)16(3)13-17)22-21(24)14-23(28(5,25)26)18-10-7-15(2)8-11-18/h7-13,19H,6,14H2,1-5H3,(H,22,24)/t19-/m0/s1. The van der Waals surface area contributed by atoms with Crippen LogP contribution in [-0.2, 0) is 14.8 Å². The molecule has 0 aromatic heterocycles. The molecule has 1 atom stereocenters. The lowest BCUT2D eigenvalue weighted by Gasteiger charge is -2.24. The van der Waals surface area contributed by atoms with E-state index in [0.717, 1.165) is 33.0 Å². The lowest BCUT2D eigenvalue weighted by Crippen LogP contribution is -2.41. The third kappa shape index (κ3) is 5.48. The summed E-state index contributed by atoms with van der Waals surface area (Å²) in [5, 5.41) is 2.95. The van der Waals surface area contributed by atoms with Gasteiger partial charge in [-0.1, -0.05) is 36.8 Å². The highest BCUT2D eigenvalue weighted by atomic mass is 32.2. The summed E-state index contributed by atoms with van der Waals surface area (Å²) in [6.45, 7) is 5.57. The van der Waals surface area contributed by atoms with Gasteiger partial charge in [0.2, 0.25) is 15.9 Å². The molecule has 6 nitrogen and oxygen atoms in total. The van der Waals surface area contributed by atoms with Gasteiger partial charge in [0.25, 0.3) is 0 Å². The molecule has 2 aromatic carbocycles. The Morgan fingerprint density at radius 3 is 2.29 bits per heavy atom. The Morgan fingerprint density at radius 2 is 1.79 bits per heavy atom. The number of carbonyl (C=O) groups excluding carboxylic acids is 1. The Hall–Kier alpha value is -2.54. The first-order valence-corrected chi connectivity index (χ1v) is 11.0. The number of hydrogen-bond donors (Lipinski definition) is 1. The zero-order valence-corrected chi connectivity index (χ0v) is 17.8. The molecule has 0 spiro atoms. The van der Waals surface area contributed by atoms with Crippen LogP contribution in [0.2, 0.25) is 0 Å². The van der Waals surface area contributed by atoms with Gasteiger partial charge in [-0.05, 0) is 49.6 Å². The molecule has 7 heteroatoms. The Labute approximate surface area is 167 Å². The van der Waals surface area contributed by atoms with Gasteiger partial charge in [0.1, 0.15) is 12.3 Å². The number of amides is 1. The Kier molecular flexibility index (Phi) is 7.07. The topological polar surface area (TPSA) is 75.7 Å². The van der Waals surface area contributed by atoms with E-state index in [0.29, 0.717) is 12.1 Å². The molecule has 0 saturated carbocycles. The van der Waals surface area contributed by atoms with Crippen molar-refractivity contribution in [2.75, 3.05) is 24.2 Å². The van der Waals surface area contributed by atoms with Crippen LogP contribution in [0, 0.1) is 13.8 Å². The second kappa shape index (κ2) is 9.10. The number of nitrogens with one attached hydrogen (secondary N) is 1. The lowest BCUT2D eigenvalue weighted by molar-refractivity contribution is -0.120. The van der Waals surface area contributed by atoms with Crippen LogP contribution in [0.3, 0.4) is 0 Å². The highest BCUT2D eigenvalue weighted by molar-refractivity contribution is 7.92. The van der Waals surface area contributed by atoms with Gasteiger partial charge in [-0.25, -0.2) is 8.42 Å². The van der Waals surface area contributed by atoms with Crippen molar-refractivity contribution in [3.8, 4) is 5.75 Å². The average molecular weight is 405 g/mol.